The highest BCUT2D eigenvalue weighted by Crippen LogP contribution is 2.29. The highest BCUT2D eigenvalue weighted by Gasteiger charge is 2.17. The normalized spacial score (nSPS) is 22.7. The zero-order chi connectivity index (χ0) is 7.84. The first kappa shape index (κ1) is 7.04. The fourth-order valence-electron chi connectivity index (χ4n) is 1.44. The first-order valence-electron chi connectivity index (χ1n) is 3.88. The van der Waals surface area contributed by atoms with Crippen LogP contribution in [0.4, 0.5) is 0 Å². The number of aliphatic imine (C=N–C) groups is 1. The van der Waals surface area contributed by atoms with Crippen LogP contribution in [0.25, 0.3) is 0 Å². The van der Waals surface area contributed by atoms with E-state index >= 15 is 0 Å². The predicted octanol–water partition coefficient (Wildman–Crippen LogP) is 2.67. The van der Waals surface area contributed by atoms with Gasteiger partial charge in [0, 0.05) is 28.6 Å². The average molecular weight is 165 g/mol. The van der Waals surface area contributed by atoms with Crippen LogP contribution in [-0.4, -0.2) is 12.3 Å². The van der Waals surface area contributed by atoms with Crippen molar-refractivity contribution in [3.63, 3.8) is 0 Å². The third-order valence-electron chi connectivity index (χ3n) is 2.13. The van der Waals surface area contributed by atoms with Crippen molar-refractivity contribution in [3.8, 4) is 0 Å². The Morgan fingerprint density at radius 3 is 3.18 bits per heavy atom. The van der Waals surface area contributed by atoms with Crippen LogP contribution in [0.5, 0.6) is 0 Å². The van der Waals surface area contributed by atoms with Gasteiger partial charge in [0.1, 0.15) is 0 Å². The maximum Gasteiger partial charge on any atom is 0.0466 e. The topological polar surface area (TPSA) is 12.4 Å². The molecule has 58 valence electrons. The largest absolute Gasteiger partial charge is 0.289 e. The molecule has 0 saturated carbocycles. The third-order valence-corrected chi connectivity index (χ3v) is 3.28. The summed E-state index contributed by atoms with van der Waals surface area (Å²) in [7, 11) is 0. The van der Waals surface area contributed by atoms with Crippen molar-refractivity contribution in [2.45, 2.75) is 19.8 Å². The van der Waals surface area contributed by atoms with E-state index < -0.39 is 0 Å². The summed E-state index contributed by atoms with van der Waals surface area (Å²) in [6.07, 6.45) is 0. The Morgan fingerprint density at radius 2 is 2.45 bits per heavy atom. The van der Waals surface area contributed by atoms with E-state index in [1.807, 2.05) is 11.3 Å². The molecule has 0 amide bonds. The average Bonchev–Trinajstić information content (AvgIpc) is 2.45. The first-order valence-corrected chi connectivity index (χ1v) is 4.76. The molecular formula is C9H11NS. The molecule has 0 aliphatic carbocycles. The van der Waals surface area contributed by atoms with Crippen LogP contribution in [0.1, 0.15) is 30.2 Å². The minimum atomic E-state index is 0.633. The molecule has 1 nitrogen and oxygen atoms in total. The molecule has 1 atom stereocenters. The highest BCUT2D eigenvalue weighted by atomic mass is 32.1. The SMILES string of the molecule is CC1=NC[C@@H](C)c2sccc21. The van der Waals surface area contributed by atoms with E-state index in [0.717, 1.165) is 6.54 Å². The molecule has 2 rings (SSSR count). The zero-order valence-corrected chi connectivity index (χ0v) is 7.61. The van der Waals surface area contributed by atoms with Gasteiger partial charge in [-0.25, -0.2) is 0 Å². The molecule has 1 aromatic heterocycles. The van der Waals surface area contributed by atoms with Crippen LogP contribution in [-0.2, 0) is 0 Å². The maximum atomic E-state index is 4.45. The van der Waals surface area contributed by atoms with Gasteiger partial charge in [-0.05, 0) is 18.4 Å². The van der Waals surface area contributed by atoms with Gasteiger partial charge in [0.05, 0.1) is 0 Å². The van der Waals surface area contributed by atoms with Gasteiger partial charge in [0.25, 0.3) is 0 Å². The second-order valence-corrected chi connectivity index (χ2v) is 3.97. The number of thiophene rings is 1. The predicted molar refractivity (Wildman–Crippen MR) is 49.8 cm³/mol. The van der Waals surface area contributed by atoms with E-state index in [1.165, 1.54) is 16.2 Å². The third kappa shape index (κ3) is 1.02. The van der Waals surface area contributed by atoms with Gasteiger partial charge in [-0.1, -0.05) is 6.92 Å². The lowest BCUT2D eigenvalue weighted by molar-refractivity contribution is 0.776. The van der Waals surface area contributed by atoms with Gasteiger partial charge >= 0.3 is 0 Å². The summed E-state index contributed by atoms with van der Waals surface area (Å²) >= 11 is 1.86. The van der Waals surface area contributed by atoms with Gasteiger partial charge in [-0.3, -0.25) is 4.99 Å². The minimum absolute atomic E-state index is 0.633. The second-order valence-electron chi connectivity index (χ2n) is 3.03. The summed E-state index contributed by atoms with van der Waals surface area (Å²) in [5.41, 5.74) is 2.58. The summed E-state index contributed by atoms with van der Waals surface area (Å²) in [5, 5.41) is 2.16. The monoisotopic (exact) mass is 165 g/mol. The van der Waals surface area contributed by atoms with E-state index in [2.05, 4.69) is 30.3 Å². The Balaban J connectivity index is 2.55. The Bertz CT molecular complexity index is 298. The highest BCUT2D eigenvalue weighted by molar-refractivity contribution is 7.10. The summed E-state index contributed by atoms with van der Waals surface area (Å²) in [4.78, 5) is 5.96. The van der Waals surface area contributed by atoms with Crippen LogP contribution in [0, 0.1) is 0 Å². The molecule has 2 heterocycles. The summed E-state index contributed by atoms with van der Waals surface area (Å²) < 4.78 is 0. The summed E-state index contributed by atoms with van der Waals surface area (Å²) in [6, 6.07) is 2.18. The number of hydrogen-bond acceptors (Lipinski definition) is 2. The van der Waals surface area contributed by atoms with Crippen molar-refractivity contribution >= 4 is 17.0 Å². The minimum Gasteiger partial charge on any atom is -0.289 e. The molecule has 0 saturated heterocycles. The second kappa shape index (κ2) is 2.45. The lowest BCUT2D eigenvalue weighted by Crippen LogP contribution is -2.10. The van der Waals surface area contributed by atoms with Crippen LogP contribution in [0.2, 0.25) is 0 Å². The molecule has 0 N–H and O–H groups in total. The van der Waals surface area contributed by atoms with Crippen LogP contribution in [0.3, 0.4) is 0 Å². The summed E-state index contributed by atoms with van der Waals surface area (Å²) in [6.45, 7) is 5.31. The molecule has 1 aliphatic rings. The molecule has 11 heavy (non-hydrogen) atoms. The van der Waals surface area contributed by atoms with Crippen LogP contribution < -0.4 is 0 Å². The lowest BCUT2D eigenvalue weighted by Gasteiger charge is -2.15. The van der Waals surface area contributed by atoms with E-state index in [4.69, 9.17) is 0 Å². The van der Waals surface area contributed by atoms with Crippen molar-refractivity contribution in [1.82, 2.24) is 0 Å². The van der Waals surface area contributed by atoms with E-state index in [0.29, 0.717) is 5.92 Å². The van der Waals surface area contributed by atoms with Crippen molar-refractivity contribution in [2.24, 2.45) is 4.99 Å². The number of rotatable bonds is 0. The standard InChI is InChI=1S/C9H11NS/c1-6-5-10-7(2)8-3-4-11-9(6)8/h3-4,6H,5H2,1-2H3/t6-/m1/s1. The smallest absolute Gasteiger partial charge is 0.0466 e. The molecule has 0 spiro atoms. The molecule has 0 radical (unpaired) electrons. The van der Waals surface area contributed by atoms with Crippen LogP contribution in [0.15, 0.2) is 16.4 Å². The van der Waals surface area contributed by atoms with Gasteiger partial charge in [0.15, 0.2) is 0 Å². The molecule has 1 aliphatic heterocycles. The van der Waals surface area contributed by atoms with Crippen molar-refractivity contribution in [1.29, 1.82) is 0 Å². The van der Waals surface area contributed by atoms with E-state index in [1.54, 1.807) is 0 Å². The molecule has 2 heteroatoms. The Kier molecular flexibility index (Phi) is 1.57. The maximum absolute atomic E-state index is 4.45. The molecular weight excluding hydrogens is 154 g/mol. The fraction of sp³-hybridized carbons (Fsp3) is 0.444. The Morgan fingerprint density at radius 1 is 1.64 bits per heavy atom. The number of fused-ring (bicyclic) bond motifs is 1. The molecule has 0 unspecified atom stereocenters. The first-order chi connectivity index (χ1) is 5.29. The van der Waals surface area contributed by atoms with Crippen molar-refractivity contribution in [3.05, 3.63) is 21.9 Å². The number of nitrogens with zero attached hydrogens (tertiary/aromatic N) is 1. The van der Waals surface area contributed by atoms with E-state index in [-0.39, 0.29) is 0 Å². The fourth-order valence-corrected chi connectivity index (χ4v) is 2.44. The molecule has 0 fully saturated rings. The zero-order valence-electron chi connectivity index (χ0n) is 6.79. The van der Waals surface area contributed by atoms with Gasteiger partial charge < -0.3 is 0 Å². The van der Waals surface area contributed by atoms with E-state index in [9.17, 15) is 0 Å². The Hall–Kier alpha value is -0.630. The van der Waals surface area contributed by atoms with Gasteiger partial charge in [-0.15, -0.1) is 11.3 Å². The molecule has 0 bridgehead atoms. The number of hydrogen-bond donors (Lipinski definition) is 0. The van der Waals surface area contributed by atoms with Crippen molar-refractivity contribution in [2.75, 3.05) is 6.54 Å². The van der Waals surface area contributed by atoms with Gasteiger partial charge in [0.2, 0.25) is 0 Å². The lowest BCUT2D eigenvalue weighted by atomic mass is 10.0. The van der Waals surface area contributed by atoms with Gasteiger partial charge in [-0.2, -0.15) is 0 Å². The molecule has 1 aromatic rings. The summed E-state index contributed by atoms with van der Waals surface area (Å²) in [5.74, 6) is 0.633. The quantitative estimate of drug-likeness (QED) is 0.560. The Labute approximate surface area is 70.8 Å². The van der Waals surface area contributed by atoms with Crippen molar-refractivity contribution < 1.29 is 0 Å². The van der Waals surface area contributed by atoms with Crippen LogP contribution >= 0.6 is 11.3 Å². The molecule has 0 aromatic carbocycles.